The Bertz CT molecular complexity index is 346. The number of likely N-dealkylation sites (N-methyl/N-ethyl adjacent to an activating group) is 1. The SMILES string of the molecule is CC(CC(=O)NCCC[N+](C)(C)CC(=O)O)CC(C)(C)C. The van der Waals surface area contributed by atoms with Crippen LogP contribution in [0.3, 0.4) is 0 Å². The second-order valence-corrected chi connectivity index (χ2v) is 7.99. The number of rotatable bonds is 9. The Balaban J connectivity index is 3.87. The first-order valence-electron chi connectivity index (χ1n) is 7.72. The van der Waals surface area contributed by atoms with Crippen LogP contribution in [0.25, 0.3) is 0 Å². The molecule has 21 heavy (non-hydrogen) atoms. The maximum absolute atomic E-state index is 11.8. The summed E-state index contributed by atoms with van der Waals surface area (Å²) in [6, 6.07) is 0. The number of nitrogens with zero attached hydrogens (tertiary/aromatic N) is 1. The van der Waals surface area contributed by atoms with E-state index in [0.29, 0.717) is 23.4 Å². The molecular formula is C16H33N2O3+. The van der Waals surface area contributed by atoms with E-state index in [1.54, 1.807) is 0 Å². The summed E-state index contributed by atoms with van der Waals surface area (Å²) in [5.74, 6) is -0.320. The van der Waals surface area contributed by atoms with E-state index in [9.17, 15) is 9.59 Å². The first kappa shape index (κ1) is 19.9. The third-order valence-electron chi connectivity index (χ3n) is 3.32. The van der Waals surface area contributed by atoms with Gasteiger partial charge in [-0.25, -0.2) is 4.79 Å². The van der Waals surface area contributed by atoms with Gasteiger partial charge in [0.15, 0.2) is 6.54 Å². The van der Waals surface area contributed by atoms with Crippen LogP contribution >= 0.6 is 0 Å². The molecule has 0 spiro atoms. The van der Waals surface area contributed by atoms with Gasteiger partial charge in [-0.1, -0.05) is 27.7 Å². The van der Waals surface area contributed by atoms with E-state index in [0.717, 1.165) is 19.4 Å². The van der Waals surface area contributed by atoms with Gasteiger partial charge < -0.3 is 14.9 Å². The fraction of sp³-hybridized carbons (Fsp3) is 0.875. The highest BCUT2D eigenvalue weighted by Crippen LogP contribution is 2.25. The standard InChI is InChI=1S/C16H32N2O3/c1-13(11-16(2,3)4)10-14(19)17-8-7-9-18(5,6)12-15(20)21/h13H,7-12H2,1-6H3,(H-,17,19,20,21)/p+1. The van der Waals surface area contributed by atoms with Crippen LogP contribution in [0.5, 0.6) is 0 Å². The minimum atomic E-state index is -0.792. The fourth-order valence-electron chi connectivity index (χ4n) is 2.69. The van der Waals surface area contributed by atoms with Crippen molar-refractivity contribution in [1.29, 1.82) is 0 Å². The van der Waals surface area contributed by atoms with E-state index < -0.39 is 5.97 Å². The van der Waals surface area contributed by atoms with Gasteiger partial charge in [-0.15, -0.1) is 0 Å². The second kappa shape index (κ2) is 8.37. The zero-order valence-electron chi connectivity index (χ0n) is 14.5. The topological polar surface area (TPSA) is 66.4 Å². The molecular weight excluding hydrogens is 268 g/mol. The molecule has 0 aromatic carbocycles. The van der Waals surface area contributed by atoms with Gasteiger partial charge in [0, 0.05) is 19.4 Å². The van der Waals surface area contributed by atoms with Gasteiger partial charge in [0.05, 0.1) is 20.6 Å². The molecule has 0 radical (unpaired) electrons. The summed E-state index contributed by atoms with van der Waals surface area (Å²) in [5, 5.41) is 11.7. The van der Waals surface area contributed by atoms with Crippen molar-refractivity contribution >= 4 is 11.9 Å². The van der Waals surface area contributed by atoms with Gasteiger partial charge in [-0.05, 0) is 17.8 Å². The summed E-state index contributed by atoms with van der Waals surface area (Å²) in [5.41, 5.74) is 0.248. The summed E-state index contributed by atoms with van der Waals surface area (Å²) in [6.45, 7) is 10.1. The third kappa shape index (κ3) is 12.4. The number of carboxylic acid groups (broad SMARTS) is 1. The molecule has 5 heteroatoms. The van der Waals surface area contributed by atoms with Crippen LogP contribution in [0.15, 0.2) is 0 Å². The van der Waals surface area contributed by atoms with Crippen LogP contribution in [0.1, 0.15) is 47.0 Å². The predicted molar refractivity (Wildman–Crippen MR) is 85.0 cm³/mol. The van der Waals surface area contributed by atoms with Crippen molar-refractivity contribution in [2.24, 2.45) is 11.3 Å². The van der Waals surface area contributed by atoms with E-state index >= 15 is 0 Å². The number of hydrogen-bond acceptors (Lipinski definition) is 2. The van der Waals surface area contributed by atoms with Crippen LogP contribution in [0.2, 0.25) is 0 Å². The van der Waals surface area contributed by atoms with Crippen LogP contribution in [0.4, 0.5) is 0 Å². The van der Waals surface area contributed by atoms with E-state index in [-0.39, 0.29) is 17.9 Å². The molecule has 1 unspecified atom stereocenters. The zero-order chi connectivity index (χ0) is 16.7. The van der Waals surface area contributed by atoms with Crippen molar-refractivity contribution in [2.45, 2.75) is 47.0 Å². The highest BCUT2D eigenvalue weighted by Gasteiger charge is 2.20. The maximum Gasteiger partial charge on any atom is 0.359 e. The van der Waals surface area contributed by atoms with Crippen LogP contribution in [0, 0.1) is 11.3 Å². The molecule has 1 amide bonds. The molecule has 0 heterocycles. The van der Waals surface area contributed by atoms with Gasteiger partial charge >= 0.3 is 5.97 Å². The minimum absolute atomic E-state index is 0.0929. The first-order chi connectivity index (χ1) is 9.41. The number of amides is 1. The average molecular weight is 301 g/mol. The third-order valence-corrected chi connectivity index (χ3v) is 3.32. The molecule has 5 nitrogen and oxygen atoms in total. The zero-order valence-corrected chi connectivity index (χ0v) is 14.5. The van der Waals surface area contributed by atoms with Crippen LogP contribution in [-0.4, -0.2) is 55.2 Å². The number of quaternary nitrogens is 1. The van der Waals surface area contributed by atoms with Crippen molar-refractivity contribution in [3.8, 4) is 0 Å². The number of carboxylic acids is 1. The lowest BCUT2D eigenvalue weighted by Gasteiger charge is -2.27. The molecule has 0 saturated carbocycles. The summed E-state index contributed by atoms with van der Waals surface area (Å²) in [7, 11) is 3.78. The maximum atomic E-state index is 11.8. The van der Waals surface area contributed by atoms with Gasteiger partial charge in [-0.2, -0.15) is 0 Å². The molecule has 2 N–H and O–H groups in total. The van der Waals surface area contributed by atoms with Crippen molar-refractivity contribution in [3.05, 3.63) is 0 Å². The molecule has 124 valence electrons. The van der Waals surface area contributed by atoms with Crippen molar-refractivity contribution in [2.75, 3.05) is 33.7 Å². The van der Waals surface area contributed by atoms with Crippen molar-refractivity contribution in [3.63, 3.8) is 0 Å². The van der Waals surface area contributed by atoms with E-state index in [1.807, 2.05) is 14.1 Å². The summed E-state index contributed by atoms with van der Waals surface area (Å²) >= 11 is 0. The number of carbonyl (C=O) groups excluding carboxylic acids is 1. The Hall–Kier alpha value is -1.10. The van der Waals surface area contributed by atoms with Gasteiger partial charge in [-0.3, -0.25) is 4.79 Å². The van der Waals surface area contributed by atoms with Gasteiger partial charge in [0.2, 0.25) is 5.91 Å². The van der Waals surface area contributed by atoms with Gasteiger partial charge in [0.1, 0.15) is 0 Å². The second-order valence-electron chi connectivity index (χ2n) is 7.99. The molecule has 0 aliphatic heterocycles. The highest BCUT2D eigenvalue weighted by molar-refractivity contribution is 5.76. The molecule has 1 atom stereocenters. The molecule has 0 aromatic rings. The Kier molecular flexibility index (Phi) is 7.93. The lowest BCUT2D eigenvalue weighted by atomic mass is 9.84. The largest absolute Gasteiger partial charge is 0.477 e. The highest BCUT2D eigenvalue weighted by atomic mass is 16.4. The molecule has 0 fully saturated rings. The van der Waals surface area contributed by atoms with E-state index in [4.69, 9.17) is 5.11 Å². The Labute approximate surface area is 129 Å². The molecule has 0 aliphatic carbocycles. The molecule has 0 bridgehead atoms. The summed E-state index contributed by atoms with van der Waals surface area (Å²) in [6.07, 6.45) is 2.38. The lowest BCUT2D eigenvalue weighted by molar-refractivity contribution is -0.883. The fourth-order valence-corrected chi connectivity index (χ4v) is 2.69. The Morgan fingerprint density at radius 2 is 1.81 bits per heavy atom. The smallest absolute Gasteiger partial charge is 0.359 e. The van der Waals surface area contributed by atoms with Crippen LogP contribution < -0.4 is 5.32 Å². The van der Waals surface area contributed by atoms with Gasteiger partial charge in [0.25, 0.3) is 0 Å². The first-order valence-corrected chi connectivity index (χ1v) is 7.72. The number of carbonyl (C=O) groups is 2. The van der Waals surface area contributed by atoms with E-state index in [1.165, 1.54) is 0 Å². The minimum Gasteiger partial charge on any atom is -0.477 e. The number of aliphatic carboxylic acids is 1. The number of nitrogens with one attached hydrogen (secondary N) is 1. The monoisotopic (exact) mass is 301 g/mol. The summed E-state index contributed by atoms with van der Waals surface area (Å²) < 4.78 is 0.436. The van der Waals surface area contributed by atoms with Crippen molar-refractivity contribution in [1.82, 2.24) is 5.32 Å². The lowest BCUT2D eigenvalue weighted by Crippen LogP contribution is -2.45. The van der Waals surface area contributed by atoms with E-state index in [2.05, 4.69) is 33.0 Å². The normalized spacial score (nSPS) is 13.8. The Morgan fingerprint density at radius 3 is 2.29 bits per heavy atom. The summed E-state index contributed by atoms with van der Waals surface area (Å²) in [4.78, 5) is 22.5. The Morgan fingerprint density at radius 1 is 1.24 bits per heavy atom. The molecule has 0 aromatic heterocycles. The predicted octanol–water partition coefficient (Wildman–Crippen LogP) is 2.12. The number of hydrogen-bond donors (Lipinski definition) is 2. The van der Waals surface area contributed by atoms with Crippen molar-refractivity contribution < 1.29 is 19.2 Å². The average Bonchev–Trinajstić information content (AvgIpc) is 2.19. The molecule has 0 saturated heterocycles. The quantitative estimate of drug-likeness (QED) is 0.506. The molecule has 0 rings (SSSR count). The van der Waals surface area contributed by atoms with Crippen LogP contribution in [-0.2, 0) is 9.59 Å². The molecule has 0 aliphatic rings.